The molecule has 1 aliphatic rings. The topological polar surface area (TPSA) is 124 Å². The summed E-state index contributed by atoms with van der Waals surface area (Å²) < 4.78 is 25.9. The molecule has 13 heteroatoms. The lowest BCUT2D eigenvalue weighted by Crippen LogP contribution is -2.48. The molecule has 0 bridgehead atoms. The first-order valence-electron chi connectivity index (χ1n) is 12.5. The van der Waals surface area contributed by atoms with Crippen molar-refractivity contribution >= 4 is 51.2 Å². The van der Waals surface area contributed by atoms with Gasteiger partial charge in [0.1, 0.15) is 0 Å². The Bertz CT molecular complexity index is 1280. The molecule has 0 unspecified atom stereocenters. The van der Waals surface area contributed by atoms with E-state index in [9.17, 15) is 8.42 Å². The first kappa shape index (κ1) is 31.3. The van der Waals surface area contributed by atoms with Crippen LogP contribution in [0.15, 0.2) is 73.8 Å². The maximum absolute atomic E-state index is 9.19. The Morgan fingerprint density at radius 3 is 1.62 bits per heavy atom. The molecule has 214 valence electrons. The van der Waals surface area contributed by atoms with E-state index in [1.54, 1.807) is 12.2 Å². The van der Waals surface area contributed by atoms with E-state index in [4.69, 9.17) is 27.8 Å². The van der Waals surface area contributed by atoms with Gasteiger partial charge in [-0.3, -0.25) is 9.45 Å². The van der Waals surface area contributed by atoms with Gasteiger partial charge in [0.05, 0.1) is 12.3 Å². The van der Waals surface area contributed by atoms with Crippen LogP contribution in [0.5, 0.6) is 0 Å². The third-order valence-electron chi connectivity index (χ3n) is 5.77. The van der Waals surface area contributed by atoms with E-state index >= 15 is 0 Å². The molecular weight excluding hydrogens is 573 g/mol. The highest BCUT2D eigenvalue weighted by Crippen LogP contribution is 2.31. The Labute approximate surface area is 245 Å². The molecule has 0 spiro atoms. The number of piperazine rings is 1. The molecule has 4 rings (SSSR count). The lowest BCUT2D eigenvalue weighted by molar-refractivity contribution is 0.211. The summed E-state index contributed by atoms with van der Waals surface area (Å²) in [6.45, 7) is 11.9. The summed E-state index contributed by atoms with van der Waals surface area (Å²) >= 11 is 12.3. The largest absolute Gasteiger partial charge is 0.351 e. The maximum atomic E-state index is 9.19. The molecule has 0 aliphatic carbocycles. The summed E-state index contributed by atoms with van der Waals surface area (Å²) in [5, 5.41) is 7.78. The van der Waals surface area contributed by atoms with Crippen LogP contribution in [-0.2, 0) is 10.1 Å². The summed E-state index contributed by atoms with van der Waals surface area (Å²) in [7, 11) is -3.67. The van der Waals surface area contributed by atoms with E-state index in [2.05, 4.69) is 72.8 Å². The molecule has 0 radical (unpaired) electrons. The smallest absolute Gasteiger partial charge is 0.261 e. The summed E-state index contributed by atoms with van der Waals surface area (Å²) in [5.74, 6) is 1.68. The maximum Gasteiger partial charge on any atom is 0.261 e. The van der Waals surface area contributed by atoms with Crippen LogP contribution < -0.4 is 15.5 Å². The lowest BCUT2D eigenvalue weighted by Gasteiger charge is -2.39. The van der Waals surface area contributed by atoms with Crippen molar-refractivity contribution < 1.29 is 13.0 Å². The van der Waals surface area contributed by atoms with Gasteiger partial charge in [0.2, 0.25) is 17.8 Å². The molecule has 2 heterocycles. The van der Waals surface area contributed by atoms with Gasteiger partial charge in [0.15, 0.2) is 0 Å². The van der Waals surface area contributed by atoms with Crippen LogP contribution in [0, 0.1) is 0 Å². The van der Waals surface area contributed by atoms with Crippen molar-refractivity contribution in [1.82, 2.24) is 19.9 Å². The molecule has 1 aromatic heterocycles. The van der Waals surface area contributed by atoms with Gasteiger partial charge < -0.3 is 15.5 Å². The van der Waals surface area contributed by atoms with E-state index in [1.807, 2.05) is 24.3 Å². The Hall–Kier alpha value is -3.22. The van der Waals surface area contributed by atoms with Gasteiger partial charge in [0, 0.05) is 49.3 Å². The Balaban J connectivity index is 0.000000810. The highest BCUT2D eigenvalue weighted by Gasteiger charge is 2.28. The van der Waals surface area contributed by atoms with Gasteiger partial charge in [-0.2, -0.15) is 23.4 Å². The molecule has 1 fully saturated rings. The van der Waals surface area contributed by atoms with Gasteiger partial charge in [-0.15, -0.1) is 13.2 Å². The molecule has 3 N–H and O–H groups in total. The second kappa shape index (κ2) is 15.0. The zero-order valence-electron chi connectivity index (χ0n) is 22.2. The third kappa shape index (κ3) is 10.1. The molecule has 3 aromatic rings. The third-order valence-corrected chi connectivity index (χ3v) is 6.27. The molecule has 10 nitrogen and oxygen atoms in total. The number of nitrogens with one attached hydrogen (secondary N) is 2. The van der Waals surface area contributed by atoms with Crippen molar-refractivity contribution in [2.24, 2.45) is 0 Å². The van der Waals surface area contributed by atoms with Gasteiger partial charge in [-0.1, -0.05) is 59.6 Å². The van der Waals surface area contributed by atoms with Crippen molar-refractivity contribution in [3.05, 3.63) is 95.0 Å². The lowest BCUT2D eigenvalue weighted by atomic mass is 9.96. The minimum atomic E-state index is -3.67. The van der Waals surface area contributed by atoms with E-state index in [-0.39, 0.29) is 6.04 Å². The Morgan fingerprint density at radius 2 is 1.25 bits per heavy atom. The van der Waals surface area contributed by atoms with Crippen LogP contribution in [-0.4, -0.2) is 78.3 Å². The van der Waals surface area contributed by atoms with E-state index in [0.29, 0.717) is 37.2 Å². The van der Waals surface area contributed by atoms with Crippen molar-refractivity contribution in [1.29, 1.82) is 0 Å². The quantitative estimate of drug-likeness (QED) is 0.219. The number of hydrogen-bond acceptors (Lipinski definition) is 9. The molecule has 0 amide bonds. The van der Waals surface area contributed by atoms with Crippen LogP contribution in [0.25, 0.3) is 0 Å². The molecule has 2 aromatic carbocycles. The van der Waals surface area contributed by atoms with Crippen LogP contribution in [0.1, 0.15) is 17.2 Å². The van der Waals surface area contributed by atoms with Crippen LogP contribution in [0.4, 0.5) is 17.8 Å². The SMILES string of the molecule is C=CCNc1nc(NCC=C)nc(N2CCN(C(c3ccc(Cl)cc3)c3ccc(Cl)cc3)CC2)n1.CS(=O)(=O)O. The van der Waals surface area contributed by atoms with Crippen LogP contribution >= 0.6 is 23.2 Å². The van der Waals surface area contributed by atoms with E-state index in [0.717, 1.165) is 36.2 Å². The van der Waals surface area contributed by atoms with Gasteiger partial charge in [0.25, 0.3) is 10.1 Å². The molecule has 0 saturated carbocycles. The average Bonchev–Trinajstić information content (AvgIpc) is 2.92. The van der Waals surface area contributed by atoms with Crippen molar-refractivity contribution in [2.75, 3.05) is 61.1 Å². The fraction of sp³-hybridized carbons (Fsp3) is 0.296. The summed E-state index contributed by atoms with van der Waals surface area (Å²) in [6, 6.07) is 16.2. The number of nitrogens with zero attached hydrogens (tertiary/aromatic N) is 5. The van der Waals surface area contributed by atoms with Gasteiger partial charge in [-0.05, 0) is 35.4 Å². The van der Waals surface area contributed by atoms with Crippen molar-refractivity contribution in [3.63, 3.8) is 0 Å². The summed E-state index contributed by atoms with van der Waals surface area (Å²) in [6.07, 6.45) is 4.26. The summed E-state index contributed by atoms with van der Waals surface area (Å²) in [4.78, 5) is 18.4. The fourth-order valence-corrected chi connectivity index (χ4v) is 4.33. The van der Waals surface area contributed by atoms with Crippen LogP contribution in [0.2, 0.25) is 10.0 Å². The Kier molecular flexibility index (Phi) is 11.7. The second-order valence-corrected chi connectivity index (χ2v) is 11.2. The predicted molar refractivity (Wildman–Crippen MR) is 163 cm³/mol. The number of halogens is 2. The number of aromatic nitrogens is 3. The molecule has 0 atom stereocenters. The van der Waals surface area contributed by atoms with Crippen molar-refractivity contribution in [3.8, 4) is 0 Å². The Morgan fingerprint density at radius 1 is 0.850 bits per heavy atom. The monoisotopic (exact) mass is 605 g/mol. The van der Waals surface area contributed by atoms with Gasteiger partial charge >= 0.3 is 0 Å². The first-order valence-corrected chi connectivity index (χ1v) is 15.1. The second-order valence-electron chi connectivity index (χ2n) is 8.88. The predicted octanol–water partition coefficient (Wildman–Crippen LogP) is 4.79. The minimum Gasteiger partial charge on any atom is -0.351 e. The standard InChI is InChI=1S/C26H29Cl2N7.CH4O3S/c1-3-13-29-24-31-25(30-14-4-2)33-26(32-24)35-17-15-34(16-18-35)23(19-5-9-21(27)10-6-19)20-7-11-22(28)12-8-20;1-5(2,3)4/h3-12,23H,1-2,13-18H2,(H2,29,30,31,32,33);1H3,(H,2,3,4). The first-order chi connectivity index (χ1) is 19.1. The van der Waals surface area contributed by atoms with Gasteiger partial charge in [-0.25, -0.2) is 0 Å². The minimum absolute atomic E-state index is 0.0969. The molecular formula is C27H33Cl2N7O3S. The molecule has 40 heavy (non-hydrogen) atoms. The highest BCUT2D eigenvalue weighted by atomic mass is 35.5. The average molecular weight is 607 g/mol. The van der Waals surface area contributed by atoms with Crippen molar-refractivity contribution in [2.45, 2.75) is 6.04 Å². The van der Waals surface area contributed by atoms with E-state index < -0.39 is 10.1 Å². The number of rotatable bonds is 10. The number of hydrogen-bond donors (Lipinski definition) is 3. The molecule has 1 aliphatic heterocycles. The zero-order chi connectivity index (χ0) is 29.1. The number of benzene rings is 2. The fourth-order valence-electron chi connectivity index (χ4n) is 4.08. The zero-order valence-corrected chi connectivity index (χ0v) is 24.5. The summed E-state index contributed by atoms with van der Waals surface area (Å²) in [5.41, 5.74) is 2.38. The molecule has 1 saturated heterocycles. The van der Waals surface area contributed by atoms with E-state index in [1.165, 1.54) is 11.1 Å². The normalized spacial score (nSPS) is 13.8. The van der Waals surface area contributed by atoms with Crippen LogP contribution in [0.3, 0.4) is 0 Å². The number of anilines is 3. The highest BCUT2D eigenvalue weighted by molar-refractivity contribution is 7.85.